The fourth-order valence-corrected chi connectivity index (χ4v) is 5.55. The molecule has 3 rings (SSSR count). The minimum absolute atomic E-state index is 0.164. The van der Waals surface area contributed by atoms with Crippen LogP contribution in [0.2, 0.25) is 0 Å². The van der Waals surface area contributed by atoms with Gasteiger partial charge in [0.1, 0.15) is 0 Å². The van der Waals surface area contributed by atoms with Gasteiger partial charge in [-0.3, -0.25) is 4.79 Å². The molecule has 3 aliphatic rings. The maximum absolute atomic E-state index is 11.3. The van der Waals surface area contributed by atoms with Crippen LogP contribution in [-0.2, 0) is 9.53 Å². The summed E-state index contributed by atoms with van der Waals surface area (Å²) in [5.74, 6) is 0.479. The Morgan fingerprint density at radius 3 is 2.48 bits per heavy atom. The largest absolute Gasteiger partial charge is 0.465 e. The number of hydrogen-bond acceptors (Lipinski definition) is 4. The maximum atomic E-state index is 11.3. The summed E-state index contributed by atoms with van der Waals surface area (Å²) in [7, 11) is 0. The van der Waals surface area contributed by atoms with Crippen molar-refractivity contribution in [2.45, 2.75) is 65.6 Å². The van der Waals surface area contributed by atoms with Gasteiger partial charge in [-0.15, -0.1) is 0 Å². The smallest absolute Gasteiger partial charge is 0.302 e. The van der Waals surface area contributed by atoms with Crippen molar-refractivity contribution < 1.29 is 19.7 Å². The van der Waals surface area contributed by atoms with Gasteiger partial charge in [0, 0.05) is 17.8 Å². The minimum atomic E-state index is -0.499. The number of carbonyl (C=O) groups excluding carboxylic acids is 1. The number of aliphatic hydroxyl groups is 2. The van der Waals surface area contributed by atoms with Crippen LogP contribution in [0.15, 0.2) is 0 Å². The van der Waals surface area contributed by atoms with Gasteiger partial charge < -0.3 is 14.9 Å². The quantitative estimate of drug-likeness (QED) is 0.766. The first-order valence-corrected chi connectivity index (χ1v) is 8.16. The molecule has 120 valence electrons. The van der Waals surface area contributed by atoms with E-state index in [0.717, 1.165) is 19.3 Å². The van der Waals surface area contributed by atoms with Gasteiger partial charge in [0.2, 0.25) is 0 Å². The van der Waals surface area contributed by atoms with E-state index in [0.29, 0.717) is 12.3 Å². The lowest BCUT2D eigenvalue weighted by Gasteiger charge is -2.47. The highest BCUT2D eigenvalue weighted by Gasteiger charge is 2.72. The molecule has 3 saturated carbocycles. The van der Waals surface area contributed by atoms with Crippen LogP contribution in [0.3, 0.4) is 0 Å². The molecule has 0 aromatic rings. The Morgan fingerprint density at radius 2 is 1.86 bits per heavy atom. The topological polar surface area (TPSA) is 66.8 Å². The molecule has 0 unspecified atom stereocenters. The van der Waals surface area contributed by atoms with E-state index < -0.39 is 17.6 Å². The van der Waals surface area contributed by atoms with Crippen molar-refractivity contribution in [3.05, 3.63) is 0 Å². The molecule has 0 aromatic heterocycles. The number of fused-ring (bicyclic) bond motifs is 2. The van der Waals surface area contributed by atoms with Crippen LogP contribution in [0.25, 0.3) is 0 Å². The summed E-state index contributed by atoms with van der Waals surface area (Å²) in [5, 5.41) is 21.7. The van der Waals surface area contributed by atoms with Crippen LogP contribution < -0.4 is 0 Å². The van der Waals surface area contributed by atoms with E-state index in [9.17, 15) is 15.0 Å². The molecule has 0 saturated heterocycles. The van der Waals surface area contributed by atoms with Crippen molar-refractivity contribution in [1.29, 1.82) is 0 Å². The summed E-state index contributed by atoms with van der Waals surface area (Å²) in [5.41, 5.74) is -0.686. The number of aliphatic hydroxyl groups excluding tert-OH is 2. The second-order valence-electron chi connectivity index (χ2n) is 8.35. The highest BCUT2D eigenvalue weighted by atomic mass is 16.5. The summed E-state index contributed by atoms with van der Waals surface area (Å²) < 4.78 is 5.35. The summed E-state index contributed by atoms with van der Waals surface area (Å²) in [4.78, 5) is 11.3. The molecule has 0 spiro atoms. The molecule has 3 aliphatic carbocycles. The van der Waals surface area contributed by atoms with Gasteiger partial charge in [-0.25, -0.2) is 0 Å². The van der Waals surface area contributed by atoms with Crippen molar-refractivity contribution in [1.82, 2.24) is 0 Å². The summed E-state index contributed by atoms with van der Waals surface area (Å²) in [6, 6.07) is 0. The van der Waals surface area contributed by atoms with Gasteiger partial charge in [-0.2, -0.15) is 0 Å². The van der Waals surface area contributed by atoms with Gasteiger partial charge in [-0.05, 0) is 42.9 Å². The van der Waals surface area contributed by atoms with Crippen molar-refractivity contribution in [3.8, 4) is 0 Å². The lowest BCUT2D eigenvalue weighted by molar-refractivity contribution is -0.162. The van der Waals surface area contributed by atoms with Crippen molar-refractivity contribution in [3.63, 3.8) is 0 Å². The van der Waals surface area contributed by atoms with E-state index in [1.165, 1.54) is 6.92 Å². The number of hydrogen-bond donors (Lipinski definition) is 2. The van der Waals surface area contributed by atoms with Gasteiger partial charge in [0.25, 0.3) is 0 Å². The van der Waals surface area contributed by atoms with Crippen LogP contribution in [0.1, 0.15) is 53.4 Å². The van der Waals surface area contributed by atoms with E-state index in [1.54, 1.807) is 0 Å². The molecule has 6 atom stereocenters. The summed E-state index contributed by atoms with van der Waals surface area (Å²) in [6.45, 7) is 8.16. The summed E-state index contributed by atoms with van der Waals surface area (Å²) in [6.07, 6.45) is 2.46. The van der Waals surface area contributed by atoms with Crippen LogP contribution in [0, 0.1) is 28.1 Å². The Balaban J connectivity index is 1.98. The van der Waals surface area contributed by atoms with E-state index >= 15 is 0 Å². The molecule has 0 radical (unpaired) electrons. The van der Waals surface area contributed by atoms with Gasteiger partial charge in [-0.1, -0.05) is 20.8 Å². The molecule has 21 heavy (non-hydrogen) atoms. The van der Waals surface area contributed by atoms with Crippen molar-refractivity contribution in [2.24, 2.45) is 28.1 Å². The molecule has 0 heterocycles. The van der Waals surface area contributed by atoms with E-state index in [4.69, 9.17) is 4.74 Å². The average molecular weight is 296 g/mol. The first kappa shape index (κ1) is 15.3. The molecule has 2 N–H and O–H groups in total. The number of ether oxygens (including phenoxy) is 1. The van der Waals surface area contributed by atoms with E-state index in [1.807, 2.05) is 0 Å². The number of esters is 1. The molecular formula is C17H28O4. The minimum Gasteiger partial charge on any atom is -0.465 e. The van der Waals surface area contributed by atoms with Gasteiger partial charge >= 0.3 is 5.97 Å². The molecule has 0 aromatic carbocycles. The van der Waals surface area contributed by atoms with E-state index in [-0.39, 0.29) is 29.3 Å². The fourth-order valence-electron chi connectivity index (χ4n) is 5.55. The molecule has 0 aliphatic heterocycles. The average Bonchev–Trinajstić information content (AvgIpc) is 2.88. The molecule has 4 nitrogen and oxygen atoms in total. The zero-order chi connectivity index (χ0) is 15.6. The Bertz CT molecular complexity index is 460. The Labute approximate surface area is 126 Å². The monoisotopic (exact) mass is 296 g/mol. The third-order valence-electron chi connectivity index (χ3n) is 7.29. The van der Waals surface area contributed by atoms with E-state index in [2.05, 4.69) is 20.8 Å². The standard InChI is InChI=1S/C17H28O4/c1-10(18)21-9-17-8-6-12(19)16(17,4)7-5-11-13(14(17)20)15(11,2)3/h11-14,19-20H,5-9H2,1-4H3/t11-,12+,13-,14-,16-,17+/m0/s1. The van der Waals surface area contributed by atoms with Crippen molar-refractivity contribution >= 4 is 5.97 Å². The third-order valence-corrected chi connectivity index (χ3v) is 7.29. The Morgan fingerprint density at radius 1 is 1.19 bits per heavy atom. The predicted octanol–water partition coefficient (Wildman–Crippen LogP) is 2.12. The molecule has 0 bridgehead atoms. The Hall–Kier alpha value is -0.610. The maximum Gasteiger partial charge on any atom is 0.302 e. The molecule has 4 heteroatoms. The first-order chi connectivity index (χ1) is 9.67. The normalized spacial score (nSPS) is 50.8. The number of rotatable bonds is 2. The van der Waals surface area contributed by atoms with Crippen LogP contribution in [0.5, 0.6) is 0 Å². The van der Waals surface area contributed by atoms with Gasteiger partial charge in [0.15, 0.2) is 0 Å². The zero-order valence-corrected chi connectivity index (χ0v) is 13.6. The second kappa shape index (κ2) is 4.45. The second-order valence-corrected chi connectivity index (χ2v) is 8.35. The SMILES string of the molecule is CC(=O)OC[C@@]12CC[C@@H](O)[C@]1(C)CC[C@H]1[C@@H]([C@@H]2O)C1(C)C. The summed E-state index contributed by atoms with van der Waals surface area (Å²) >= 11 is 0. The lowest BCUT2D eigenvalue weighted by Crippen LogP contribution is -2.52. The first-order valence-electron chi connectivity index (χ1n) is 8.16. The zero-order valence-electron chi connectivity index (χ0n) is 13.6. The predicted molar refractivity (Wildman–Crippen MR) is 78.4 cm³/mol. The van der Waals surface area contributed by atoms with Gasteiger partial charge in [0.05, 0.1) is 18.8 Å². The Kier molecular flexibility index (Phi) is 3.24. The van der Waals surface area contributed by atoms with Crippen molar-refractivity contribution in [2.75, 3.05) is 6.61 Å². The van der Waals surface area contributed by atoms with Crippen LogP contribution in [-0.4, -0.2) is 35.0 Å². The third kappa shape index (κ3) is 1.84. The molecular weight excluding hydrogens is 268 g/mol. The lowest BCUT2D eigenvalue weighted by atomic mass is 9.60. The van der Waals surface area contributed by atoms with Crippen LogP contribution >= 0.6 is 0 Å². The van der Waals surface area contributed by atoms with Crippen LogP contribution in [0.4, 0.5) is 0 Å². The highest BCUT2D eigenvalue weighted by molar-refractivity contribution is 5.66. The fraction of sp³-hybridized carbons (Fsp3) is 0.941. The number of carbonyl (C=O) groups is 1. The molecule has 3 fully saturated rings. The highest BCUT2D eigenvalue weighted by Crippen LogP contribution is 2.72. The molecule has 0 amide bonds.